The van der Waals surface area contributed by atoms with Crippen molar-refractivity contribution in [1.82, 2.24) is 9.88 Å². The van der Waals surface area contributed by atoms with Crippen molar-refractivity contribution in [3.63, 3.8) is 0 Å². The van der Waals surface area contributed by atoms with Crippen LogP contribution in [0, 0.1) is 13.8 Å². The first-order valence-electron chi connectivity index (χ1n) is 7.45. The number of hydrogen-bond acceptors (Lipinski definition) is 4. The van der Waals surface area contributed by atoms with Gasteiger partial charge in [-0.25, -0.2) is 8.42 Å². The Kier molecular flexibility index (Phi) is 4.18. The Morgan fingerprint density at radius 3 is 2.74 bits per heavy atom. The highest BCUT2D eigenvalue weighted by atomic mass is 32.2. The average molecular weight is 352 g/mol. The summed E-state index contributed by atoms with van der Waals surface area (Å²) in [7, 11) is -3.30. The van der Waals surface area contributed by atoms with E-state index in [0.717, 1.165) is 27.8 Å². The third-order valence-electron chi connectivity index (χ3n) is 4.16. The number of aryl methyl sites for hydroxylation is 2. The van der Waals surface area contributed by atoms with Crippen molar-refractivity contribution in [2.45, 2.75) is 19.2 Å². The third kappa shape index (κ3) is 3.12. The maximum atomic E-state index is 12.8. The number of carbonyl (C=O) groups excluding carboxylic acids is 1. The van der Waals surface area contributed by atoms with Gasteiger partial charge in [-0.3, -0.25) is 4.79 Å². The second-order valence-electron chi connectivity index (χ2n) is 6.08. The fourth-order valence-electron chi connectivity index (χ4n) is 3.04. The van der Waals surface area contributed by atoms with Crippen molar-refractivity contribution in [3.8, 4) is 0 Å². The maximum absolute atomic E-state index is 12.8. The molecule has 2 heterocycles. The maximum Gasteiger partial charge on any atom is 0.271 e. The number of amides is 1. The fraction of sp³-hybridized carbons (Fsp3) is 0.438. The summed E-state index contributed by atoms with van der Waals surface area (Å²) in [6.07, 6.45) is 1.20. The molecule has 0 spiro atoms. The lowest BCUT2D eigenvalue weighted by Gasteiger charge is -2.33. The van der Waals surface area contributed by atoms with Gasteiger partial charge in [-0.1, -0.05) is 6.07 Å². The monoisotopic (exact) mass is 352 g/mol. The van der Waals surface area contributed by atoms with E-state index in [9.17, 15) is 13.2 Å². The summed E-state index contributed by atoms with van der Waals surface area (Å²) in [5.74, 6) is 0.952. The molecule has 0 aliphatic carbocycles. The van der Waals surface area contributed by atoms with Gasteiger partial charge in [-0.15, -0.1) is 0 Å². The quantitative estimate of drug-likeness (QED) is 0.901. The van der Waals surface area contributed by atoms with Crippen LogP contribution in [0.15, 0.2) is 18.2 Å². The molecule has 0 saturated carbocycles. The van der Waals surface area contributed by atoms with Crippen LogP contribution < -0.4 is 0 Å². The lowest BCUT2D eigenvalue weighted by Crippen LogP contribution is -2.50. The largest absolute Gasteiger partial charge is 0.351 e. The zero-order chi connectivity index (χ0) is 16.8. The number of rotatable bonds is 2. The van der Waals surface area contributed by atoms with E-state index in [-0.39, 0.29) is 5.91 Å². The molecule has 124 valence electrons. The molecule has 1 aliphatic heterocycles. The standard InChI is InChI=1S/C16H20N2O3S2/c1-10-6-11(2)12-8-14(17-13(12)7-10)16(19)18-4-5-22-9-15(18)23(3,20)21/h6-8,15,17H,4-5,9H2,1-3H3/t15-/m1/s1. The number of fused-ring (bicyclic) bond motifs is 1. The van der Waals surface area contributed by atoms with Crippen LogP contribution in [0.3, 0.4) is 0 Å². The minimum absolute atomic E-state index is 0.242. The van der Waals surface area contributed by atoms with E-state index < -0.39 is 15.2 Å². The average Bonchev–Trinajstić information content (AvgIpc) is 2.90. The number of nitrogens with zero attached hydrogens (tertiary/aromatic N) is 1. The molecule has 2 aromatic rings. The third-order valence-corrected chi connectivity index (χ3v) is 6.80. The molecular weight excluding hydrogens is 332 g/mol. The van der Waals surface area contributed by atoms with Crippen molar-refractivity contribution in [2.75, 3.05) is 24.3 Å². The van der Waals surface area contributed by atoms with Gasteiger partial charge in [0, 0.05) is 35.2 Å². The van der Waals surface area contributed by atoms with E-state index in [2.05, 4.69) is 11.1 Å². The number of hydrogen-bond donors (Lipinski definition) is 1. The lowest BCUT2D eigenvalue weighted by molar-refractivity contribution is 0.0744. The molecule has 23 heavy (non-hydrogen) atoms. The second-order valence-corrected chi connectivity index (χ2v) is 9.44. The van der Waals surface area contributed by atoms with Gasteiger partial charge in [0.25, 0.3) is 5.91 Å². The Hall–Kier alpha value is -1.47. The van der Waals surface area contributed by atoms with Crippen molar-refractivity contribution < 1.29 is 13.2 Å². The molecular formula is C16H20N2O3S2. The van der Waals surface area contributed by atoms with Crippen molar-refractivity contribution in [1.29, 1.82) is 0 Å². The highest BCUT2D eigenvalue weighted by Crippen LogP contribution is 2.25. The summed E-state index contributed by atoms with van der Waals surface area (Å²) in [4.78, 5) is 17.5. The summed E-state index contributed by atoms with van der Waals surface area (Å²) in [6, 6.07) is 5.90. The number of nitrogens with one attached hydrogen (secondary N) is 1. The summed E-state index contributed by atoms with van der Waals surface area (Å²) >= 11 is 1.57. The Balaban J connectivity index is 2.00. The van der Waals surface area contributed by atoms with Gasteiger partial charge in [-0.05, 0) is 37.1 Å². The molecule has 3 rings (SSSR count). The van der Waals surface area contributed by atoms with Gasteiger partial charge in [0.1, 0.15) is 11.1 Å². The number of aromatic nitrogens is 1. The van der Waals surface area contributed by atoms with E-state index >= 15 is 0 Å². The minimum Gasteiger partial charge on any atom is -0.351 e. The van der Waals surface area contributed by atoms with E-state index in [1.54, 1.807) is 11.8 Å². The number of sulfone groups is 1. The van der Waals surface area contributed by atoms with E-state index in [0.29, 0.717) is 18.0 Å². The topological polar surface area (TPSA) is 70.2 Å². The van der Waals surface area contributed by atoms with Crippen molar-refractivity contribution in [3.05, 3.63) is 35.0 Å². The Morgan fingerprint density at radius 1 is 1.30 bits per heavy atom. The molecule has 5 nitrogen and oxygen atoms in total. The van der Waals surface area contributed by atoms with Gasteiger partial charge in [0.05, 0.1) is 0 Å². The number of aromatic amines is 1. The van der Waals surface area contributed by atoms with Crippen LogP contribution in [0.4, 0.5) is 0 Å². The molecule has 0 unspecified atom stereocenters. The van der Waals surface area contributed by atoms with Crippen molar-refractivity contribution in [2.24, 2.45) is 0 Å². The Bertz CT molecular complexity index is 871. The predicted molar refractivity (Wildman–Crippen MR) is 94.8 cm³/mol. The van der Waals surface area contributed by atoms with Crippen LogP contribution in [0.25, 0.3) is 10.9 Å². The molecule has 1 amide bonds. The summed E-state index contributed by atoms with van der Waals surface area (Å²) in [5, 5.41) is 0.254. The highest BCUT2D eigenvalue weighted by molar-refractivity contribution is 8.00. The molecule has 1 aromatic heterocycles. The summed E-state index contributed by atoms with van der Waals surface area (Å²) in [6.45, 7) is 4.47. The van der Waals surface area contributed by atoms with Gasteiger partial charge in [-0.2, -0.15) is 11.8 Å². The molecule has 1 saturated heterocycles. The predicted octanol–water partition coefficient (Wildman–Crippen LogP) is 2.34. The molecule has 0 radical (unpaired) electrons. The van der Waals surface area contributed by atoms with Crippen LogP contribution in [-0.4, -0.2) is 53.9 Å². The Labute approximate surface area is 140 Å². The Morgan fingerprint density at radius 2 is 2.04 bits per heavy atom. The van der Waals surface area contributed by atoms with Crippen LogP contribution in [-0.2, 0) is 9.84 Å². The van der Waals surface area contributed by atoms with Gasteiger partial charge in [0.2, 0.25) is 0 Å². The molecule has 1 aliphatic rings. The van der Waals surface area contributed by atoms with Gasteiger partial charge < -0.3 is 9.88 Å². The molecule has 1 fully saturated rings. The molecule has 1 atom stereocenters. The van der Waals surface area contributed by atoms with E-state index in [1.807, 2.05) is 26.0 Å². The number of H-pyrrole nitrogens is 1. The van der Waals surface area contributed by atoms with Crippen LogP contribution in [0.5, 0.6) is 0 Å². The highest BCUT2D eigenvalue weighted by Gasteiger charge is 2.35. The van der Waals surface area contributed by atoms with Crippen molar-refractivity contribution >= 4 is 38.4 Å². The van der Waals surface area contributed by atoms with Crippen LogP contribution in [0.2, 0.25) is 0 Å². The molecule has 1 N–H and O–H groups in total. The van der Waals surface area contributed by atoms with Gasteiger partial charge >= 0.3 is 0 Å². The SMILES string of the molecule is Cc1cc(C)c2cc(C(=O)N3CCSC[C@H]3S(C)(=O)=O)[nH]c2c1. The van der Waals surface area contributed by atoms with Gasteiger partial charge in [0.15, 0.2) is 9.84 Å². The number of carbonyl (C=O) groups is 1. The fourth-order valence-corrected chi connectivity index (χ4v) is 5.85. The first kappa shape index (κ1) is 16.4. The lowest BCUT2D eigenvalue weighted by atomic mass is 10.1. The normalized spacial score (nSPS) is 19.3. The van der Waals surface area contributed by atoms with E-state index in [4.69, 9.17) is 0 Å². The summed E-state index contributed by atoms with van der Waals surface area (Å²) in [5.41, 5.74) is 3.59. The number of benzene rings is 1. The van der Waals surface area contributed by atoms with Crippen LogP contribution in [0.1, 0.15) is 21.6 Å². The molecule has 7 heteroatoms. The first-order valence-corrected chi connectivity index (χ1v) is 10.6. The smallest absolute Gasteiger partial charge is 0.271 e. The first-order chi connectivity index (χ1) is 10.8. The molecule has 0 bridgehead atoms. The summed E-state index contributed by atoms with van der Waals surface area (Å²) < 4.78 is 24.0. The number of thioether (sulfide) groups is 1. The minimum atomic E-state index is -3.30. The van der Waals surface area contributed by atoms with E-state index in [1.165, 1.54) is 11.2 Å². The zero-order valence-corrected chi connectivity index (χ0v) is 15.1. The zero-order valence-electron chi connectivity index (χ0n) is 13.4. The van der Waals surface area contributed by atoms with Crippen LogP contribution >= 0.6 is 11.8 Å². The molecule has 1 aromatic carbocycles. The second kappa shape index (κ2) is 5.87.